The number of thioether (sulfide) groups is 1. The molecule has 0 amide bonds. The molecular formula is C15H18FNO2S. The summed E-state index contributed by atoms with van der Waals surface area (Å²) >= 11 is 1.52. The minimum absolute atomic E-state index is 0.257. The molecule has 0 saturated heterocycles. The summed E-state index contributed by atoms with van der Waals surface area (Å²) in [5.74, 6) is 1.21. The molecule has 2 rings (SSSR count). The van der Waals surface area contributed by atoms with E-state index in [1.807, 2.05) is 0 Å². The minimum atomic E-state index is -0.257. The van der Waals surface area contributed by atoms with Crippen molar-refractivity contribution >= 4 is 11.8 Å². The second-order valence-corrected chi connectivity index (χ2v) is 5.36. The third-order valence-corrected chi connectivity index (χ3v) is 3.52. The second-order valence-electron chi connectivity index (χ2n) is 4.31. The van der Waals surface area contributed by atoms with Crippen LogP contribution in [0, 0.1) is 5.82 Å². The first kappa shape index (κ1) is 15.1. The molecule has 20 heavy (non-hydrogen) atoms. The largest absolute Gasteiger partial charge is 0.431 e. The molecule has 0 aliphatic heterocycles. The predicted octanol–water partition coefficient (Wildman–Crippen LogP) is 4.39. The van der Waals surface area contributed by atoms with Crippen molar-refractivity contribution in [2.24, 2.45) is 0 Å². The zero-order valence-electron chi connectivity index (χ0n) is 11.5. The summed E-state index contributed by atoms with van der Waals surface area (Å²) in [7, 11) is 0. The Labute approximate surface area is 122 Å². The Hall–Kier alpha value is -1.33. The number of hydrogen-bond acceptors (Lipinski definition) is 4. The molecule has 0 spiro atoms. The Morgan fingerprint density at radius 3 is 2.80 bits per heavy atom. The van der Waals surface area contributed by atoms with Crippen LogP contribution < -0.4 is 0 Å². The van der Waals surface area contributed by atoms with Gasteiger partial charge in [-0.25, -0.2) is 9.37 Å². The summed E-state index contributed by atoms with van der Waals surface area (Å²) in [6.07, 6.45) is 3.90. The summed E-state index contributed by atoms with van der Waals surface area (Å²) < 4.78 is 23.9. The topological polar surface area (TPSA) is 35.3 Å². The van der Waals surface area contributed by atoms with Gasteiger partial charge in [0.1, 0.15) is 5.82 Å². The molecule has 0 unspecified atom stereocenters. The van der Waals surface area contributed by atoms with E-state index in [2.05, 4.69) is 11.9 Å². The number of oxazole rings is 1. The van der Waals surface area contributed by atoms with E-state index in [9.17, 15) is 4.39 Å². The highest BCUT2D eigenvalue weighted by atomic mass is 32.2. The summed E-state index contributed by atoms with van der Waals surface area (Å²) in [5, 5.41) is 0.614. The van der Waals surface area contributed by atoms with E-state index in [-0.39, 0.29) is 5.82 Å². The van der Waals surface area contributed by atoms with Gasteiger partial charge in [0.05, 0.1) is 12.8 Å². The fourth-order valence-electron chi connectivity index (χ4n) is 1.61. The van der Waals surface area contributed by atoms with Gasteiger partial charge in [-0.3, -0.25) is 0 Å². The molecule has 0 saturated carbocycles. The average molecular weight is 295 g/mol. The van der Waals surface area contributed by atoms with Crippen molar-refractivity contribution in [3.63, 3.8) is 0 Å². The van der Waals surface area contributed by atoms with Gasteiger partial charge < -0.3 is 9.15 Å². The third-order valence-electron chi connectivity index (χ3n) is 2.71. The van der Waals surface area contributed by atoms with Gasteiger partial charge in [0, 0.05) is 17.9 Å². The quantitative estimate of drug-likeness (QED) is 0.534. The third kappa shape index (κ3) is 4.65. The van der Waals surface area contributed by atoms with Gasteiger partial charge in [-0.1, -0.05) is 25.1 Å². The van der Waals surface area contributed by atoms with Crippen LogP contribution in [-0.4, -0.2) is 24.0 Å². The Morgan fingerprint density at radius 1 is 1.25 bits per heavy atom. The molecule has 3 nitrogen and oxygen atoms in total. The standard InChI is InChI=1S/C15H18FNO2S/c1-2-3-8-18-9-10-20-15-17-11-14(19-15)12-4-6-13(16)7-5-12/h4-7,11H,2-3,8-10H2,1H3. The number of halogens is 1. The molecule has 1 aromatic carbocycles. The average Bonchev–Trinajstić information content (AvgIpc) is 2.92. The molecule has 0 radical (unpaired) electrons. The SMILES string of the molecule is CCCCOCCSc1ncc(-c2ccc(F)cc2)o1. The maximum Gasteiger partial charge on any atom is 0.256 e. The first-order chi connectivity index (χ1) is 9.79. The zero-order valence-corrected chi connectivity index (χ0v) is 12.3. The van der Waals surface area contributed by atoms with E-state index in [0.29, 0.717) is 17.6 Å². The van der Waals surface area contributed by atoms with Gasteiger partial charge >= 0.3 is 0 Å². The van der Waals surface area contributed by atoms with Gasteiger partial charge in [0.15, 0.2) is 5.76 Å². The van der Waals surface area contributed by atoms with Crippen LogP contribution >= 0.6 is 11.8 Å². The molecule has 1 heterocycles. The molecule has 0 aliphatic carbocycles. The van der Waals surface area contributed by atoms with Gasteiger partial charge in [0.2, 0.25) is 0 Å². The fourth-order valence-corrected chi connectivity index (χ4v) is 2.26. The minimum Gasteiger partial charge on any atom is -0.431 e. The lowest BCUT2D eigenvalue weighted by Gasteiger charge is -2.01. The number of ether oxygens (including phenoxy) is 1. The Morgan fingerprint density at radius 2 is 2.05 bits per heavy atom. The van der Waals surface area contributed by atoms with Crippen molar-refractivity contribution in [1.29, 1.82) is 0 Å². The summed E-state index contributed by atoms with van der Waals surface area (Å²) in [5.41, 5.74) is 0.824. The smallest absolute Gasteiger partial charge is 0.256 e. The van der Waals surface area contributed by atoms with E-state index < -0.39 is 0 Å². The summed E-state index contributed by atoms with van der Waals surface area (Å²) in [6, 6.07) is 6.18. The van der Waals surface area contributed by atoms with Crippen LogP contribution in [0.25, 0.3) is 11.3 Å². The maximum absolute atomic E-state index is 12.8. The number of unbranched alkanes of at least 4 members (excludes halogenated alkanes) is 1. The van der Waals surface area contributed by atoms with Gasteiger partial charge in [-0.15, -0.1) is 0 Å². The van der Waals surface area contributed by atoms with Gasteiger partial charge in [-0.2, -0.15) is 0 Å². The van der Waals surface area contributed by atoms with E-state index >= 15 is 0 Å². The molecule has 0 aliphatic rings. The number of benzene rings is 1. The maximum atomic E-state index is 12.8. The highest BCUT2D eigenvalue weighted by molar-refractivity contribution is 7.99. The van der Waals surface area contributed by atoms with Crippen LogP contribution in [0.5, 0.6) is 0 Å². The normalized spacial score (nSPS) is 10.9. The predicted molar refractivity (Wildman–Crippen MR) is 78.3 cm³/mol. The number of nitrogens with zero attached hydrogens (tertiary/aromatic N) is 1. The van der Waals surface area contributed by atoms with Gasteiger partial charge in [0.25, 0.3) is 5.22 Å². The summed E-state index contributed by atoms with van der Waals surface area (Å²) in [4.78, 5) is 4.20. The van der Waals surface area contributed by atoms with Crippen LogP contribution in [0.4, 0.5) is 4.39 Å². The van der Waals surface area contributed by atoms with E-state index in [0.717, 1.165) is 30.8 Å². The molecule has 0 bridgehead atoms. The zero-order chi connectivity index (χ0) is 14.2. The Bertz CT molecular complexity index is 513. The van der Waals surface area contributed by atoms with Crippen molar-refractivity contribution < 1.29 is 13.5 Å². The summed E-state index contributed by atoms with van der Waals surface area (Å²) in [6.45, 7) is 3.64. The fraction of sp³-hybridized carbons (Fsp3) is 0.400. The lowest BCUT2D eigenvalue weighted by molar-refractivity contribution is 0.147. The Balaban J connectivity index is 1.79. The van der Waals surface area contributed by atoms with E-state index in [1.165, 1.54) is 23.9 Å². The molecule has 2 aromatic rings. The highest BCUT2D eigenvalue weighted by Gasteiger charge is 2.06. The van der Waals surface area contributed by atoms with Crippen molar-refractivity contribution in [2.75, 3.05) is 19.0 Å². The monoisotopic (exact) mass is 295 g/mol. The van der Waals surface area contributed by atoms with Crippen LogP contribution in [0.3, 0.4) is 0 Å². The lowest BCUT2D eigenvalue weighted by atomic mass is 10.2. The van der Waals surface area contributed by atoms with E-state index in [4.69, 9.17) is 9.15 Å². The first-order valence-corrected chi connectivity index (χ1v) is 7.70. The number of rotatable bonds is 8. The van der Waals surface area contributed by atoms with Crippen molar-refractivity contribution in [2.45, 2.75) is 25.0 Å². The highest BCUT2D eigenvalue weighted by Crippen LogP contribution is 2.25. The second kappa shape index (κ2) is 8.07. The van der Waals surface area contributed by atoms with Crippen LogP contribution in [0.15, 0.2) is 40.1 Å². The first-order valence-electron chi connectivity index (χ1n) is 6.72. The van der Waals surface area contributed by atoms with Crippen molar-refractivity contribution in [3.05, 3.63) is 36.3 Å². The molecule has 0 fully saturated rings. The van der Waals surface area contributed by atoms with E-state index in [1.54, 1.807) is 18.3 Å². The number of aromatic nitrogens is 1. The van der Waals surface area contributed by atoms with Crippen molar-refractivity contribution in [3.8, 4) is 11.3 Å². The van der Waals surface area contributed by atoms with Gasteiger partial charge in [-0.05, 0) is 30.7 Å². The van der Waals surface area contributed by atoms with Crippen molar-refractivity contribution in [1.82, 2.24) is 4.98 Å². The van der Waals surface area contributed by atoms with Crippen LogP contribution in [0.1, 0.15) is 19.8 Å². The van der Waals surface area contributed by atoms with Crippen LogP contribution in [-0.2, 0) is 4.74 Å². The molecule has 5 heteroatoms. The molecule has 0 N–H and O–H groups in total. The molecular weight excluding hydrogens is 277 g/mol. The molecule has 0 atom stereocenters. The van der Waals surface area contributed by atoms with Crippen LogP contribution in [0.2, 0.25) is 0 Å². The number of hydrogen-bond donors (Lipinski definition) is 0. The molecule has 108 valence electrons. The Kier molecular flexibility index (Phi) is 6.08. The lowest BCUT2D eigenvalue weighted by Crippen LogP contribution is -1.98. The molecule has 1 aromatic heterocycles.